The Morgan fingerprint density at radius 1 is 1.14 bits per heavy atom. The molecule has 0 atom stereocenters. The van der Waals surface area contributed by atoms with E-state index in [1.165, 1.54) is 18.1 Å². The molecule has 0 spiro atoms. The summed E-state index contributed by atoms with van der Waals surface area (Å²) in [5.74, 6) is -0.259. The third kappa shape index (κ3) is 4.75. The van der Waals surface area contributed by atoms with Crippen LogP contribution in [0.15, 0.2) is 42.7 Å². The Hall–Kier alpha value is -3.40. The van der Waals surface area contributed by atoms with Gasteiger partial charge in [0.1, 0.15) is 5.56 Å². The van der Waals surface area contributed by atoms with E-state index in [0.29, 0.717) is 27.3 Å². The van der Waals surface area contributed by atoms with Crippen LogP contribution in [0.4, 0.5) is 13.2 Å². The van der Waals surface area contributed by atoms with E-state index in [2.05, 4.69) is 15.2 Å². The van der Waals surface area contributed by atoms with Crippen molar-refractivity contribution in [2.24, 2.45) is 0 Å². The van der Waals surface area contributed by atoms with Gasteiger partial charge in [0.05, 0.1) is 35.3 Å². The van der Waals surface area contributed by atoms with E-state index in [1.54, 1.807) is 16.8 Å². The summed E-state index contributed by atoms with van der Waals surface area (Å²) in [6.45, 7) is 6.62. The third-order valence-corrected chi connectivity index (χ3v) is 6.11. The smallest absolute Gasteiger partial charge is 0.336 e. The van der Waals surface area contributed by atoms with E-state index in [4.69, 9.17) is 11.6 Å². The lowest BCUT2D eigenvalue weighted by atomic mass is 10.0. The highest BCUT2D eigenvalue weighted by Crippen LogP contribution is 2.33. The van der Waals surface area contributed by atoms with E-state index in [1.807, 2.05) is 32.9 Å². The van der Waals surface area contributed by atoms with E-state index < -0.39 is 17.8 Å². The van der Waals surface area contributed by atoms with Crippen LogP contribution in [0.25, 0.3) is 16.9 Å². The normalized spacial score (nSPS) is 12.0. The van der Waals surface area contributed by atoms with Crippen LogP contribution in [0.2, 0.25) is 5.02 Å². The van der Waals surface area contributed by atoms with Crippen molar-refractivity contribution >= 4 is 23.2 Å². The van der Waals surface area contributed by atoms with Gasteiger partial charge in [-0.1, -0.05) is 49.7 Å². The lowest BCUT2D eigenvalue weighted by molar-refractivity contribution is -0.142. The number of aromatic nitrogens is 5. The summed E-state index contributed by atoms with van der Waals surface area (Å²) in [4.78, 5) is 19.0. The first-order valence-corrected chi connectivity index (χ1v) is 11.4. The quantitative estimate of drug-likeness (QED) is 0.339. The van der Waals surface area contributed by atoms with Crippen LogP contribution in [0.5, 0.6) is 0 Å². The standard InChI is InChI=1S/C24H24ClF3N6O/c1-5-33-20(18(25)12-29-33)13-32(4)23(35)17-11-30-34-21(24(26,27)28)10-19(31-22(17)34)16-8-6-15(7-9-16)14(2)3/h6-12,14H,5,13H2,1-4H3. The third-order valence-electron chi connectivity index (χ3n) is 5.80. The first-order chi connectivity index (χ1) is 16.5. The number of hydrogen-bond donors (Lipinski definition) is 0. The van der Waals surface area contributed by atoms with Crippen molar-refractivity contribution in [1.82, 2.24) is 29.3 Å². The van der Waals surface area contributed by atoms with Gasteiger partial charge in [-0.3, -0.25) is 9.48 Å². The molecule has 0 aliphatic rings. The van der Waals surface area contributed by atoms with Crippen LogP contribution < -0.4 is 0 Å². The largest absolute Gasteiger partial charge is 0.433 e. The molecule has 3 heterocycles. The Morgan fingerprint density at radius 2 is 1.83 bits per heavy atom. The highest BCUT2D eigenvalue weighted by atomic mass is 35.5. The van der Waals surface area contributed by atoms with E-state index in [-0.39, 0.29) is 29.4 Å². The molecule has 11 heteroatoms. The number of alkyl halides is 3. The minimum Gasteiger partial charge on any atom is -0.336 e. The van der Waals surface area contributed by atoms with E-state index >= 15 is 0 Å². The average molecular weight is 505 g/mol. The fourth-order valence-corrected chi connectivity index (χ4v) is 4.02. The summed E-state index contributed by atoms with van der Waals surface area (Å²) in [5.41, 5.74) is 1.05. The molecule has 0 saturated heterocycles. The summed E-state index contributed by atoms with van der Waals surface area (Å²) in [6, 6.07) is 8.12. The number of benzene rings is 1. The Kier molecular flexibility index (Phi) is 6.59. The molecule has 1 amide bonds. The zero-order valence-corrected chi connectivity index (χ0v) is 20.4. The van der Waals surface area contributed by atoms with Crippen LogP contribution >= 0.6 is 11.6 Å². The highest BCUT2D eigenvalue weighted by molar-refractivity contribution is 6.31. The van der Waals surface area contributed by atoms with Crippen LogP contribution in [0.1, 0.15) is 54.0 Å². The molecule has 4 aromatic rings. The van der Waals surface area contributed by atoms with Crippen molar-refractivity contribution in [2.45, 2.75) is 46.0 Å². The predicted molar refractivity (Wildman–Crippen MR) is 126 cm³/mol. The van der Waals surface area contributed by atoms with Crippen LogP contribution in [-0.4, -0.2) is 42.2 Å². The number of amides is 1. The second-order valence-corrected chi connectivity index (χ2v) is 8.92. The zero-order valence-electron chi connectivity index (χ0n) is 19.6. The van der Waals surface area contributed by atoms with Gasteiger partial charge in [-0.15, -0.1) is 0 Å². The maximum Gasteiger partial charge on any atom is 0.433 e. The van der Waals surface area contributed by atoms with Crippen LogP contribution in [-0.2, 0) is 19.3 Å². The monoisotopic (exact) mass is 504 g/mol. The molecule has 0 aliphatic carbocycles. The summed E-state index contributed by atoms with van der Waals surface area (Å²) in [6.07, 6.45) is -2.10. The average Bonchev–Trinajstić information content (AvgIpc) is 3.40. The molecule has 7 nitrogen and oxygen atoms in total. The first-order valence-electron chi connectivity index (χ1n) is 11.0. The molecule has 4 rings (SSSR count). The van der Waals surface area contributed by atoms with Crippen molar-refractivity contribution in [3.8, 4) is 11.3 Å². The molecule has 0 radical (unpaired) electrons. The summed E-state index contributed by atoms with van der Waals surface area (Å²) >= 11 is 6.21. The van der Waals surface area contributed by atoms with Gasteiger partial charge < -0.3 is 4.90 Å². The number of rotatable bonds is 6. The lowest BCUT2D eigenvalue weighted by Crippen LogP contribution is -2.27. The second kappa shape index (κ2) is 9.33. The molecule has 0 N–H and O–H groups in total. The molecule has 35 heavy (non-hydrogen) atoms. The zero-order chi connectivity index (χ0) is 25.5. The Labute approximate surface area is 205 Å². The van der Waals surface area contributed by atoms with Crippen molar-refractivity contribution in [3.05, 3.63) is 70.3 Å². The summed E-state index contributed by atoms with van der Waals surface area (Å²) in [5, 5.41) is 8.40. The molecule has 0 fully saturated rings. The van der Waals surface area contributed by atoms with Gasteiger partial charge in [0, 0.05) is 19.2 Å². The van der Waals surface area contributed by atoms with Gasteiger partial charge in [0.25, 0.3) is 5.91 Å². The fraction of sp³-hybridized carbons (Fsp3) is 0.333. The Morgan fingerprint density at radius 3 is 2.43 bits per heavy atom. The van der Waals surface area contributed by atoms with Gasteiger partial charge >= 0.3 is 6.18 Å². The lowest BCUT2D eigenvalue weighted by Gasteiger charge is -2.18. The number of fused-ring (bicyclic) bond motifs is 1. The van der Waals surface area contributed by atoms with Crippen molar-refractivity contribution in [1.29, 1.82) is 0 Å². The van der Waals surface area contributed by atoms with Crippen LogP contribution in [0.3, 0.4) is 0 Å². The molecule has 0 aliphatic heterocycles. The second-order valence-electron chi connectivity index (χ2n) is 8.51. The number of carbonyl (C=O) groups is 1. The number of hydrogen-bond acceptors (Lipinski definition) is 4. The molecule has 0 bridgehead atoms. The maximum absolute atomic E-state index is 13.9. The molecule has 0 saturated carbocycles. The van der Waals surface area contributed by atoms with Gasteiger partial charge in [0.2, 0.25) is 0 Å². The van der Waals surface area contributed by atoms with Crippen LogP contribution in [0, 0.1) is 0 Å². The number of carbonyl (C=O) groups excluding carboxylic acids is 1. The van der Waals surface area contributed by atoms with Gasteiger partial charge in [0.15, 0.2) is 11.3 Å². The molecule has 3 aromatic heterocycles. The summed E-state index contributed by atoms with van der Waals surface area (Å²) < 4.78 is 44.1. The Balaban J connectivity index is 1.78. The highest BCUT2D eigenvalue weighted by Gasteiger charge is 2.36. The summed E-state index contributed by atoms with van der Waals surface area (Å²) in [7, 11) is 1.54. The molecule has 184 valence electrons. The minimum absolute atomic E-state index is 0.0441. The number of aryl methyl sites for hydroxylation is 1. The van der Waals surface area contributed by atoms with E-state index in [0.717, 1.165) is 17.8 Å². The molecule has 1 aromatic carbocycles. The maximum atomic E-state index is 13.9. The van der Waals surface area contributed by atoms with E-state index in [9.17, 15) is 18.0 Å². The van der Waals surface area contributed by atoms with Crippen molar-refractivity contribution in [2.75, 3.05) is 7.05 Å². The van der Waals surface area contributed by atoms with Gasteiger partial charge in [-0.25, -0.2) is 9.50 Å². The van der Waals surface area contributed by atoms with Crippen molar-refractivity contribution < 1.29 is 18.0 Å². The topological polar surface area (TPSA) is 68.3 Å². The SMILES string of the molecule is CCn1ncc(Cl)c1CN(C)C(=O)c1cnn2c(C(F)(F)F)cc(-c3ccc(C(C)C)cc3)nc12. The Bertz CT molecular complexity index is 1370. The molecular weight excluding hydrogens is 481 g/mol. The molecule has 0 unspecified atom stereocenters. The van der Waals surface area contributed by atoms with Crippen molar-refractivity contribution in [3.63, 3.8) is 0 Å². The number of nitrogens with zero attached hydrogens (tertiary/aromatic N) is 6. The minimum atomic E-state index is -4.70. The van der Waals surface area contributed by atoms with Gasteiger partial charge in [-0.2, -0.15) is 23.4 Å². The predicted octanol–water partition coefficient (Wildman–Crippen LogP) is 5.68. The number of halogens is 4. The molecular formula is C24H24ClF3N6O. The fourth-order valence-electron chi connectivity index (χ4n) is 3.82. The van der Waals surface area contributed by atoms with Gasteiger partial charge in [-0.05, 0) is 24.5 Å². The first kappa shape index (κ1) is 24.7.